The van der Waals surface area contributed by atoms with Gasteiger partial charge in [-0.1, -0.05) is 116 Å². The second-order valence-electron chi connectivity index (χ2n) is 7.61. The van der Waals surface area contributed by atoms with Gasteiger partial charge in [-0.25, -0.2) is 0 Å². The van der Waals surface area contributed by atoms with E-state index in [2.05, 4.69) is 20.4 Å². The molecule has 1 heteroatoms. The summed E-state index contributed by atoms with van der Waals surface area (Å²) in [7, 11) is -0.949. The van der Waals surface area contributed by atoms with Gasteiger partial charge < -0.3 is 0 Å². The van der Waals surface area contributed by atoms with E-state index in [1.807, 2.05) is 0 Å². The molecule has 1 saturated carbocycles. The Labute approximate surface area is 130 Å². The highest BCUT2D eigenvalue weighted by atomic mass is 28.3. The van der Waals surface area contributed by atoms with E-state index in [0.29, 0.717) is 0 Å². The van der Waals surface area contributed by atoms with Gasteiger partial charge in [0, 0.05) is 0 Å². The van der Waals surface area contributed by atoms with Crippen LogP contribution in [0.5, 0.6) is 0 Å². The Morgan fingerprint density at radius 1 is 0.700 bits per heavy atom. The molecule has 1 fully saturated rings. The van der Waals surface area contributed by atoms with Gasteiger partial charge in [0.05, 0.1) is 8.07 Å². The van der Waals surface area contributed by atoms with Crippen molar-refractivity contribution in [2.24, 2.45) is 0 Å². The van der Waals surface area contributed by atoms with Crippen molar-refractivity contribution in [3.63, 3.8) is 0 Å². The zero-order valence-electron chi connectivity index (χ0n) is 14.7. The molecule has 0 bridgehead atoms. The Kier molecular flexibility index (Phi) is 9.93. The van der Waals surface area contributed by atoms with Gasteiger partial charge in [0.25, 0.3) is 0 Å². The molecule has 0 saturated heterocycles. The third kappa shape index (κ3) is 6.78. The summed E-state index contributed by atoms with van der Waals surface area (Å²) in [6.07, 6.45) is 19.6. The first-order valence-corrected chi connectivity index (χ1v) is 12.7. The molecular formula is C19H40Si. The fourth-order valence-electron chi connectivity index (χ4n) is 4.24. The van der Waals surface area contributed by atoms with Crippen LogP contribution in [0.25, 0.3) is 0 Å². The first kappa shape index (κ1) is 18.3. The van der Waals surface area contributed by atoms with Crippen molar-refractivity contribution in [1.29, 1.82) is 0 Å². The molecule has 0 aromatic heterocycles. The van der Waals surface area contributed by atoms with Crippen LogP contribution >= 0.6 is 0 Å². The highest BCUT2D eigenvalue weighted by Gasteiger charge is 2.35. The van der Waals surface area contributed by atoms with Crippen LogP contribution < -0.4 is 0 Å². The van der Waals surface area contributed by atoms with Crippen LogP contribution in [0.2, 0.25) is 24.2 Å². The van der Waals surface area contributed by atoms with Crippen molar-refractivity contribution in [2.45, 2.75) is 121 Å². The fourth-order valence-corrected chi connectivity index (χ4v) is 9.23. The Bertz CT molecular complexity index is 206. The lowest BCUT2D eigenvalue weighted by atomic mass is 10.0. The van der Waals surface area contributed by atoms with Gasteiger partial charge in [-0.05, 0) is 5.54 Å². The second-order valence-corrected chi connectivity index (χ2v) is 12.7. The van der Waals surface area contributed by atoms with Crippen molar-refractivity contribution < 1.29 is 0 Å². The normalized spacial score (nSPS) is 17.6. The monoisotopic (exact) mass is 296 g/mol. The molecule has 0 aromatic carbocycles. The maximum atomic E-state index is 2.78. The van der Waals surface area contributed by atoms with Crippen LogP contribution in [0.4, 0.5) is 0 Å². The fraction of sp³-hybridized carbons (Fsp3) is 1.00. The molecule has 0 radical (unpaired) electrons. The average Bonchev–Trinajstić information content (AvgIpc) is 2.49. The van der Waals surface area contributed by atoms with Crippen LogP contribution in [0.15, 0.2) is 0 Å². The van der Waals surface area contributed by atoms with Crippen LogP contribution in [0.3, 0.4) is 0 Å². The molecule has 0 aliphatic heterocycles. The number of hydrogen-bond donors (Lipinski definition) is 0. The predicted molar refractivity (Wildman–Crippen MR) is 96.4 cm³/mol. The largest absolute Gasteiger partial charge is 0.0689 e. The Hall–Kier alpha value is 0.217. The summed E-state index contributed by atoms with van der Waals surface area (Å²) < 4.78 is 0. The first-order valence-electron chi connectivity index (χ1n) is 9.73. The van der Waals surface area contributed by atoms with E-state index in [-0.39, 0.29) is 0 Å². The standard InChI is InChI=1S/C19H40Si/c1-4-6-8-13-17-20(3,18-14-9-7-5-2)19-15-11-10-12-16-19/h19H,4-18H2,1-3H3. The van der Waals surface area contributed by atoms with Gasteiger partial charge >= 0.3 is 0 Å². The van der Waals surface area contributed by atoms with E-state index >= 15 is 0 Å². The summed E-state index contributed by atoms with van der Waals surface area (Å²) in [6.45, 7) is 7.45. The van der Waals surface area contributed by atoms with Crippen molar-refractivity contribution >= 4 is 8.07 Å². The lowest BCUT2D eigenvalue weighted by Gasteiger charge is -2.39. The number of rotatable bonds is 11. The van der Waals surface area contributed by atoms with Crippen molar-refractivity contribution in [1.82, 2.24) is 0 Å². The van der Waals surface area contributed by atoms with Crippen LogP contribution in [0.1, 0.15) is 97.3 Å². The molecule has 0 aromatic rings. The minimum Gasteiger partial charge on any atom is -0.0689 e. The van der Waals surface area contributed by atoms with Gasteiger partial charge in [-0.3, -0.25) is 0 Å². The third-order valence-corrected chi connectivity index (χ3v) is 11.3. The maximum Gasteiger partial charge on any atom is 0.0535 e. The third-order valence-electron chi connectivity index (χ3n) is 5.79. The Morgan fingerprint density at radius 2 is 1.20 bits per heavy atom. The van der Waals surface area contributed by atoms with Crippen molar-refractivity contribution in [2.75, 3.05) is 0 Å². The summed E-state index contributed by atoms with van der Waals surface area (Å²) >= 11 is 0. The minimum absolute atomic E-state index is 0.949. The average molecular weight is 297 g/mol. The highest BCUT2D eigenvalue weighted by molar-refractivity contribution is 6.80. The predicted octanol–water partition coefficient (Wildman–Crippen LogP) is 7.56. The maximum absolute atomic E-state index is 2.78. The zero-order chi connectivity index (χ0) is 14.7. The minimum atomic E-state index is -0.949. The zero-order valence-corrected chi connectivity index (χ0v) is 15.7. The van der Waals surface area contributed by atoms with Crippen molar-refractivity contribution in [3.05, 3.63) is 0 Å². The molecule has 1 rings (SSSR count). The van der Waals surface area contributed by atoms with Gasteiger partial charge in [0.15, 0.2) is 0 Å². The molecule has 0 N–H and O–H groups in total. The molecule has 0 unspecified atom stereocenters. The number of hydrogen-bond acceptors (Lipinski definition) is 0. The molecule has 20 heavy (non-hydrogen) atoms. The molecule has 0 nitrogen and oxygen atoms in total. The molecular weight excluding hydrogens is 256 g/mol. The van der Waals surface area contributed by atoms with E-state index in [4.69, 9.17) is 0 Å². The van der Waals surface area contributed by atoms with Gasteiger partial charge in [-0.2, -0.15) is 0 Å². The second kappa shape index (κ2) is 10.9. The molecule has 1 aliphatic rings. The van der Waals surface area contributed by atoms with E-state index in [1.165, 1.54) is 63.3 Å². The molecule has 1 aliphatic carbocycles. The SMILES string of the molecule is CCCCCC[Si](C)(CCCCCC)C1CCCCC1. The number of unbranched alkanes of at least 4 members (excludes halogenated alkanes) is 6. The van der Waals surface area contributed by atoms with Crippen LogP contribution in [-0.4, -0.2) is 8.07 Å². The topological polar surface area (TPSA) is 0 Å². The summed E-state index contributed by atoms with van der Waals surface area (Å²) in [6, 6.07) is 3.29. The summed E-state index contributed by atoms with van der Waals surface area (Å²) in [5.41, 5.74) is 1.18. The summed E-state index contributed by atoms with van der Waals surface area (Å²) in [5.74, 6) is 0. The summed E-state index contributed by atoms with van der Waals surface area (Å²) in [4.78, 5) is 0. The molecule has 120 valence electrons. The molecule has 0 heterocycles. The lowest BCUT2D eigenvalue weighted by molar-refractivity contribution is 0.486. The molecule has 0 amide bonds. The van der Waals surface area contributed by atoms with E-state index < -0.39 is 8.07 Å². The van der Waals surface area contributed by atoms with Gasteiger partial charge in [0.1, 0.15) is 0 Å². The van der Waals surface area contributed by atoms with E-state index in [9.17, 15) is 0 Å². The molecule has 0 atom stereocenters. The first-order chi connectivity index (χ1) is 9.73. The highest BCUT2D eigenvalue weighted by Crippen LogP contribution is 2.43. The van der Waals surface area contributed by atoms with Gasteiger partial charge in [-0.15, -0.1) is 0 Å². The Morgan fingerprint density at radius 3 is 1.65 bits per heavy atom. The lowest BCUT2D eigenvalue weighted by Crippen LogP contribution is -2.37. The van der Waals surface area contributed by atoms with Gasteiger partial charge in [0.2, 0.25) is 0 Å². The van der Waals surface area contributed by atoms with Crippen LogP contribution in [0, 0.1) is 0 Å². The smallest absolute Gasteiger partial charge is 0.0535 e. The Balaban J connectivity index is 2.42. The van der Waals surface area contributed by atoms with E-state index in [1.54, 1.807) is 37.8 Å². The summed E-state index contributed by atoms with van der Waals surface area (Å²) in [5, 5.41) is 0. The van der Waals surface area contributed by atoms with Crippen molar-refractivity contribution in [3.8, 4) is 0 Å². The van der Waals surface area contributed by atoms with Crippen LogP contribution in [-0.2, 0) is 0 Å². The molecule has 0 spiro atoms. The van der Waals surface area contributed by atoms with E-state index in [0.717, 1.165) is 0 Å². The quantitative estimate of drug-likeness (QED) is 0.272.